The highest BCUT2D eigenvalue weighted by Crippen LogP contribution is 2.48. The topological polar surface area (TPSA) is 88.5 Å². The summed E-state index contributed by atoms with van der Waals surface area (Å²) in [4.78, 5) is 28.1. The quantitative estimate of drug-likeness (QED) is 0.808. The Hall–Kier alpha value is -3.15. The van der Waals surface area contributed by atoms with E-state index in [1.165, 1.54) is 0 Å². The fourth-order valence-corrected chi connectivity index (χ4v) is 3.89. The summed E-state index contributed by atoms with van der Waals surface area (Å²) in [5, 5.41) is 12.3. The minimum atomic E-state index is -0.900. The minimum Gasteiger partial charge on any atom is -0.481 e. The number of ether oxygens (including phenoxy) is 1. The van der Waals surface area contributed by atoms with E-state index in [1.807, 2.05) is 12.2 Å². The summed E-state index contributed by atoms with van der Waals surface area (Å²) in [7, 11) is 0. The average Bonchev–Trinajstić information content (AvgIpc) is 3.25. The third kappa shape index (κ3) is 3.06. The Morgan fingerprint density at radius 3 is 2.23 bits per heavy atom. The number of carboxylic acids is 1. The van der Waals surface area contributed by atoms with Crippen LogP contribution in [-0.4, -0.2) is 22.0 Å². The fraction of sp³-hybridized carbons (Fsp3) is 0.250. The van der Waals surface area contributed by atoms with E-state index >= 15 is 0 Å². The van der Waals surface area contributed by atoms with Gasteiger partial charge in [0.1, 0.15) is 11.5 Å². The van der Waals surface area contributed by atoms with E-state index in [-0.39, 0.29) is 17.7 Å². The van der Waals surface area contributed by atoms with Crippen molar-refractivity contribution in [2.75, 3.05) is 5.32 Å². The number of fused-ring (bicyclic) bond motifs is 2. The Morgan fingerprint density at radius 2 is 1.58 bits per heavy atom. The van der Waals surface area contributed by atoms with Crippen LogP contribution in [0.2, 0.25) is 0 Å². The van der Waals surface area contributed by atoms with Gasteiger partial charge in [-0.2, -0.15) is 0 Å². The number of pyridine rings is 1. The number of allylic oxidation sites excluding steroid dienone is 2. The van der Waals surface area contributed by atoms with Crippen LogP contribution >= 0.6 is 0 Å². The van der Waals surface area contributed by atoms with Crippen molar-refractivity contribution in [3.05, 3.63) is 60.9 Å². The standard InChI is InChI=1S/C20H18N2O4/c23-19(17-12-1-2-13(11-12)18(17)20(24)25)22-14-3-5-15(6-4-14)26-16-7-9-21-10-8-16/h1-10,12-13,17-18H,11H2,(H,22,23)(H,24,25)/t12-,13-,17-,18+/m0/s1. The molecule has 1 fully saturated rings. The van der Waals surface area contributed by atoms with E-state index in [2.05, 4.69) is 10.3 Å². The second-order valence-corrected chi connectivity index (χ2v) is 6.64. The van der Waals surface area contributed by atoms with Crippen molar-refractivity contribution in [1.29, 1.82) is 0 Å². The molecular formula is C20H18N2O4. The van der Waals surface area contributed by atoms with Crippen LogP contribution in [0.3, 0.4) is 0 Å². The van der Waals surface area contributed by atoms with Crippen LogP contribution in [0, 0.1) is 23.7 Å². The van der Waals surface area contributed by atoms with Gasteiger partial charge < -0.3 is 15.2 Å². The zero-order valence-electron chi connectivity index (χ0n) is 13.9. The van der Waals surface area contributed by atoms with E-state index in [9.17, 15) is 14.7 Å². The van der Waals surface area contributed by atoms with Gasteiger partial charge in [-0.05, 0) is 54.7 Å². The predicted octanol–water partition coefficient (Wildman–Crippen LogP) is 3.34. The zero-order valence-corrected chi connectivity index (χ0v) is 13.9. The molecule has 2 aliphatic rings. The summed E-state index contributed by atoms with van der Waals surface area (Å²) in [6, 6.07) is 10.5. The average molecular weight is 350 g/mol. The van der Waals surface area contributed by atoms with Gasteiger partial charge in [-0.1, -0.05) is 12.2 Å². The lowest BCUT2D eigenvalue weighted by Gasteiger charge is -2.23. The lowest BCUT2D eigenvalue weighted by molar-refractivity contribution is -0.146. The second kappa shape index (κ2) is 6.63. The molecule has 132 valence electrons. The summed E-state index contributed by atoms with van der Waals surface area (Å²) in [6.45, 7) is 0. The first-order valence-electron chi connectivity index (χ1n) is 8.52. The second-order valence-electron chi connectivity index (χ2n) is 6.64. The highest BCUT2D eigenvalue weighted by molar-refractivity contribution is 5.96. The molecule has 2 aliphatic carbocycles. The molecule has 6 nitrogen and oxygen atoms in total. The predicted molar refractivity (Wildman–Crippen MR) is 94.7 cm³/mol. The number of carbonyl (C=O) groups is 2. The van der Waals surface area contributed by atoms with Gasteiger partial charge in [0, 0.05) is 18.1 Å². The van der Waals surface area contributed by atoms with Gasteiger partial charge in [-0.15, -0.1) is 0 Å². The summed E-state index contributed by atoms with van der Waals surface area (Å²) >= 11 is 0. The maximum Gasteiger partial charge on any atom is 0.307 e. The summed E-state index contributed by atoms with van der Waals surface area (Å²) in [5.41, 5.74) is 0.618. The molecule has 0 spiro atoms. The van der Waals surface area contributed by atoms with Crippen LogP contribution in [0.25, 0.3) is 0 Å². The lowest BCUT2D eigenvalue weighted by Crippen LogP contribution is -2.36. The van der Waals surface area contributed by atoms with Gasteiger partial charge in [0.25, 0.3) is 0 Å². The number of hydrogen-bond donors (Lipinski definition) is 2. The smallest absolute Gasteiger partial charge is 0.307 e. The largest absolute Gasteiger partial charge is 0.481 e. The zero-order chi connectivity index (χ0) is 18.1. The molecule has 1 amide bonds. The normalized spacial score (nSPS) is 25.8. The monoisotopic (exact) mass is 350 g/mol. The van der Waals surface area contributed by atoms with Gasteiger partial charge in [-0.3, -0.25) is 14.6 Å². The van der Waals surface area contributed by atoms with Crippen molar-refractivity contribution in [1.82, 2.24) is 4.98 Å². The van der Waals surface area contributed by atoms with Crippen LogP contribution in [0.4, 0.5) is 5.69 Å². The van der Waals surface area contributed by atoms with Crippen molar-refractivity contribution in [2.45, 2.75) is 6.42 Å². The number of carboxylic acid groups (broad SMARTS) is 1. The van der Waals surface area contributed by atoms with Gasteiger partial charge in [0.05, 0.1) is 11.8 Å². The van der Waals surface area contributed by atoms with E-state index in [0.29, 0.717) is 17.2 Å². The van der Waals surface area contributed by atoms with E-state index in [1.54, 1.807) is 48.8 Å². The first-order valence-corrected chi connectivity index (χ1v) is 8.52. The molecule has 0 unspecified atom stereocenters. The summed E-state index contributed by atoms with van der Waals surface area (Å²) < 4.78 is 5.69. The Morgan fingerprint density at radius 1 is 0.962 bits per heavy atom. The number of benzene rings is 1. The van der Waals surface area contributed by atoms with Gasteiger partial charge in [0.2, 0.25) is 5.91 Å². The molecule has 2 bridgehead atoms. The number of anilines is 1. The molecule has 0 saturated heterocycles. The Balaban J connectivity index is 1.43. The SMILES string of the molecule is O=C(Nc1ccc(Oc2ccncc2)cc1)[C@@H]1[C@H](C(=O)O)[C@H]2C=C[C@H]1C2. The Kier molecular flexibility index (Phi) is 4.16. The lowest BCUT2D eigenvalue weighted by atomic mass is 9.82. The van der Waals surface area contributed by atoms with Gasteiger partial charge >= 0.3 is 5.97 Å². The number of nitrogens with one attached hydrogen (secondary N) is 1. The van der Waals surface area contributed by atoms with Gasteiger partial charge in [-0.25, -0.2) is 0 Å². The Labute approximate surface area is 150 Å². The molecule has 4 atom stereocenters. The van der Waals surface area contributed by atoms with Crippen LogP contribution in [-0.2, 0) is 9.59 Å². The number of nitrogens with zero attached hydrogens (tertiary/aromatic N) is 1. The highest BCUT2D eigenvalue weighted by atomic mass is 16.5. The van der Waals surface area contributed by atoms with Crippen molar-refractivity contribution >= 4 is 17.6 Å². The number of amides is 1. The first-order chi connectivity index (χ1) is 12.6. The van der Waals surface area contributed by atoms with Crippen LogP contribution in [0.1, 0.15) is 6.42 Å². The molecule has 4 rings (SSSR count). The maximum absolute atomic E-state index is 12.6. The molecule has 1 aromatic heterocycles. The van der Waals surface area contributed by atoms with Crippen molar-refractivity contribution in [3.63, 3.8) is 0 Å². The number of aromatic nitrogens is 1. The number of hydrogen-bond acceptors (Lipinski definition) is 4. The van der Waals surface area contributed by atoms with E-state index < -0.39 is 17.8 Å². The molecule has 0 radical (unpaired) electrons. The molecule has 2 N–H and O–H groups in total. The molecule has 26 heavy (non-hydrogen) atoms. The summed E-state index contributed by atoms with van der Waals surface area (Å²) in [5.74, 6) is -1.01. The molecule has 1 saturated carbocycles. The molecule has 1 heterocycles. The number of aliphatic carboxylic acids is 1. The van der Waals surface area contributed by atoms with Crippen molar-refractivity contribution in [3.8, 4) is 11.5 Å². The maximum atomic E-state index is 12.6. The summed E-state index contributed by atoms with van der Waals surface area (Å²) in [6.07, 6.45) is 7.94. The molecule has 1 aromatic carbocycles. The van der Waals surface area contributed by atoms with Crippen LogP contribution < -0.4 is 10.1 Å². The molecule has 0 aliphatic heterocycles. The minimum absolute atomic E-state index is 0.00963. The highest BCUT2D eigenvalue weighted by Gasteiger charge is 2.51. The fourth-order valence-electron chi connectivity index (χ4n) is 3.89. The first kappa shape index (κ1) is 16.3. The van der Waals surface area contributed by atoms with Crippen molar-refractivity contribution in [2.24, 2.45) is 23.7 Å². The number of rotatable bonds is 5. The van der Waals surface area contributed by atoms with Gasteiger partial charge in [0.15, 0.2) is 0 Å². The van der Waals surface area contributed by atoms with Crippen LogP contribution in [0.5, 0.6) is 11.5 Å². The molecule has 2 aromatic rings. The van der Waals surface area contributed by atoms with E-state index in [0.717, 1.165) is 6.42 Å². The Bertz CT molecular complexity index is 848. The van der Waals surface area contributed by atoms with Crippen LogP contribution in [0.15, 0.2) is 60.9 Å². The van der Waals surface area contributed by atoms with Crippen molar-refractivity contribution < 1.29 is 19.4 Å². The third-order valence-corrected chi connectivity index (χ3v) is 5.05. The molecule has 6 heteroatoms. The molecular weight excluding hydrogens is 332 g/mol. The third-order valence-electron chi connectivity index (χ3n) is 5.05. The number of carbonyl (C=O) groups excluding carboxylic acids is 1. The van der Waals surface area contributed by atoms with E-state index in [4.69, 9.17) is 4.74 Å².